The molecule has 240 valence electrons. The van der Waals surface area contributed by atoms with Crippen LogP contribution in [0.15, 0.2) is 119 Å². The number of hydrogen-bond donors (Lipinski definition) is 0. The zero-order valence-electron chi connectivity index (χ0n) is 26.3. The van der Waals surface area contributed by atoms with Gasteiger partial charge in [-0.15, -0.1) is 0 Å². The third-order valence-corrected chi connectivity index (χ3v) is 9.65. The minimum Gasteiger partial charge on any atom is -0.463 e. The van der Waals surface area contributed by atoms with Crippen LogP contribution >= 0.6 is 11.3 Å². The molecule has 0 spiro atoms. The highest BCUT2D eigenvalue weighted by atomic mass is 32.1. The molecule has 0 unspecified atom stereocenters. The van der Waals surface area contributed by atoms with Crippen LogP contribution in [0.5, 0.6) is 11.5 Å². The van der Waals surface area contributed by atoms with Crippen molar-refractivity contribution in [1.29, 1.82) is 5.26 Å². The molecule has 2 aromatic heterocycles. The molecule has 0 saturated heterocycles. The number of esters is 1. The van der Waals surface area contributed by atoms with Crippen LogP contribution in [0.4, 0.5) is 0 Å². The van der Waals surface area contributed by atoms with E-state index in [1.54, 1.807) is 17.6 Å². The Labute approximate surface area is 284 Å². The third kappa shape index (κ3) is 5.30. The van der Waals surface area contributed by atoms with Gasteiger partial charge in [-0.2, -0.15) is 5.26 Å². The van der Waals surface area contributed by atoms with Crippen LogP contribution in [0.25, 0.3) is 22.7 Å². The van der Waals surface area contributed by atoms with E-state index < -0.39 is 12.0 Å². The van der Waals surface area contributed by atoms with E-state index in [1.807, 2.05) is 103 Å². The summed E-state index contributed by atoms with van der Waals surface area (Å²) in [6.45, 7) is 2.49. The normalized spacial score (nSPS) is 15.2. The van der Waals surface area contributed by atoms with Gasteiger partial charge >= 0.3 is 5.97 Å². The van der Waals surface area contributed by atoms with Crippen molar-refractivity contribution in [2.45, 2.75) is 19.5 Å². The molecule has 0 fully saturated rings. The Bertz CT molecular complexity index is 2540. The first-order chi connectivity index (χ1) is 24.0. The molecule has 0 aliphatic carbocycles. The van der Waals surface area contributed by atoms with E-state index >= 15 is 0 Å². The molecule has 0 bridgehead atoms. The Balaban J connectivity index is 1.34. The summed E-state index contributed by atoms with van der Waals surface area (Å²) < 4.78 is 21.0. The Hall–Kier alpha value is -6.18. The SMILES string of the molecule is CCOC(=O)C1=C(c2ccccc2)N=c2s/c(=C/c3cn(Cc4ccccc4C#N)c4ccccc34)c(=O)n2[C@H]1c1ccc2c(c1)OCO2. The van der Waals surface area contributed by atoms with Gasteiger partial charge in [-0.05, 0) is 48.4 Å². The third-order valence-electron chi connectivity index (χ3n) is 8.67. The van der Waals surface area contributed by atoms with E-state index in [2.05, 4.69) is 10.6 Å². The predicted octanol–water partition coefficient (Wildman–Crippen LogP) is 5.54. The van der Waals surface area contributed by atoms with Gasteiger partial charge in [0, 0.05) is 34.8 Å². The summed E-state index contributed by atoms with van der Waals surface area (Å²) in [5.74, 6) is 0.574. The lowest BCUT2D eigenvalue weighted by Crippen LogP contribution is -2.40. The van der Waals surface area contributed by atoms with Crippen molar-refractivity contribution in [3.63, 3.8) is 0 Å². The van der Waals surface area contributed by atoms with Crippen LogP contribution in [-0.2, 0) is 16.1 Å². The number of hydrogen-bond acceptors (Lipinski definition) is 8. The Morgan fingerprint density at radius 2 is 1.80 bits per heavy atom. The standard InChI is InChI=1S/C39H28N4O5S/c1-2-46-38(45)34-35(24-10-4-3-5-11-24)41-39-43(36(34)25-16-17-31-32(18-25)48-23-47-31)37(44)33(49-39)19-28-22-42(30-15-9-8-14-29(28)30)21-27-13-7-6-12-26(27)20-40/h3-19,22,36H,2,21,23H2,1H3/b33-19+/t36-/m0/s1. The summed E-state index contributed by atoms with van der Waals surface area (Å²) in [5.41, 5.74) is 5.16. The molecule has 6 aromatic rings. The number of benzene rings is 4. The van der Waals surface area contributed by atoms with E-state index in [0.29, 0.717) is 44.2 Å². The first kappa shape index (κ1) is 30.2. The largest absolute Gasteiger partial charge is 0.463 e. The van der Waals surface area contributed by atoms with Gasteiger partial charge in [0.2, 0.25) is 6.79 Å². The molecule has 10 heteroatoms. The van der Waals surface area contributed by atoms with Crippen LogP contribution in [0.1, 0.15) is 40.8 Å². The number of nitrogens with zero attached hydrogens (tertiary/aromatic N) is 4. The summed E-state index contributed by atoms with van der Waals surface area (Å²) in [5, 5.41) is 10.7. The molecule has 2 aliphatic heterocycles. The lowest BCUT2D eigenvalue weighted by Gasteiger charge is -2.26. The van der Waals surface area contributed by atoms with Crippen molar-refractivity contribution >= 4 is 40.0 Å². The fourth-order valence-corrected chi connectivity index (χ4v) is 7.44. The Kier molecular flexibility index (Phi) is 7.66. The highest BCUT2D eigenvalue weighted by Crippen LogP contribution is 2.40. The van der Waals surface area contributed by atoms with E-state index in [0.717, 1.165) is 27.6 Å². The van der Waals surface area contributed by atoms with Crippen LogP contribution in [0.3, 0.4) is 0 Å². The van der Waals surface area contributed by atoms with Gasteiger partial charge in [-0.25, -0.2) is 9.79 Å². The van der Waals surface area contributed by atoms with Gasteiger partial charge in [0.25, 0.3) is 5.56 Å². The lowest BCUT2D eigenvalue weighted by molar-refractivity contribution is -0.138. The lowest BCUT2D eigenvalue weighted by atomic mass is 9.93. The second-order valence-corrected chi connectivity index (χ2v) is 12.6. The molecule has 1 atom stereocenters. The van der Waals surface area contributed by atoms with E-state index in [1.165, 1.54) is 11.3 Å². The van der Waals surface area contributed by atoms with Crippen molar-refractivity contribution in [1.82, 2.24) is 9.13 Å². The van der Waals surface area contributed by atoms with Crippen molar-refractivity contribution < 1.29 is 19.0 Å². The zero-order valence-corrected chi connectivity index (χ0v) is 27.1. The molecule has 4 heterocycles. The quantitative estimate of drug-likeness (QED) is 0.208. The number of carbonyl (C=O) groups is 1. The minimum atomic E-state index is -0.842. The molecular weight excluding hydrogens is 637 g/mol. The number of ether oxygens (including phenoxy) is 3. The topological polar surface area (TPSA) is 108 Å². The van der Waals surface area contributed by atoms with E-state index in [-0.39, 0.29) is 24.5 Å². The monoisotopic (exact) mass is 664 g/mol. The Morgan fingerprint density at radius 3 is 2.63 bits per heavy atom. The number of carbonyl (C=O) groups excluding carboxylic acids is 1. The summed E-state index contributed by atoms with van der Waals surface area (Å²) >= 11 is 1.27. The number of thiazole rings is 1. The van der Waals surface area contributed by atoms with Crippen LogP contribution in [-0.4, -0.2) is 28.5 Å². The maximum Gasteiger partial charge on any atom is 0.338 e. The van der Waals surface area contributed by atoms with Crippen LogP contribution in [0, 0.1) is 11.3 Å². The summed E-state index contributed by atoms with van der Waals surface area (Å²) in [6.07, 6.45) is 3.89. The van der Waals surface area contributed by atoms with E-state index in [9.17, 15) is 14.9 Å². The molecule has 0 amide bonds. The molecule has 8 rings (SSSR count). The molecule has 2 aliphatic rings. The Morgan fingerprint density at radius 1 is 1.02 bits per heavy atom. The fraction of sp³-hybridized carbons (Fsp3) is 0.128. The average Bonchev–Trinajstić information content (AvgIpc) is 3.83. The first-order valence-corrected chi connectivity index (χ1v) is 16.6. The first-order valence-electron chi connectivity index (χ1n) is 15.8. The van der Waals surface area contributed by atoms with Gasteiger partial charge in [0.05, 0.1) is 40.1 Å². The molecule has 49 heavy (non-hydrogen) atoms. The van der Waals surface area contributed by atoms with Crippen LogP contribution in [0.2, 0.25) is 0 Å². The summed E-state index contributed by atoms with van der Waals surface area (Å²) in [4.78, 5) is 33.8. The number of rotatable bonds is 7. The van der Waals surface area contributed by atoms with Gasteiger partial charge < -0.3 is 18.8 Å². The number of fused-ring (bicyclic) bond motifs is 3. The molecular formula is C39H28N4O5S. The fourth-order valence-electron chi connectivity index (χ4n) is 6.45. The molecule has 0 N–H and O–H groups in total. The van der Waals surface area contributed by atoms with Gasteiger partial charge in [0.1, 0.15) is 0 Å². The predicted molar refractivity (Wildman–Crippen MR) is 186 cm³/mol. The summed E-state index contributed by atoms with van der Waals surface area (Å²) in [7, 11) is 0. The number of nitriles is 1. The maximum absolute atomic E-state index is 14.5. The average molecular weight is 665 g/mol. The van der Waals surface area contributed by atoms with Gasteiger partial charge in [0.15, 0.2) is 16.3 Å². The maximum atomic E-state index is 14.5. The highest BCUT2D eigenvalue weighted by molar-refractivity contribution is 7.07. The zero-order chi connectivity index (χ0) is 33.5. The van der Waals surface area contributed by atoms with Crippen molar-refractivity contribution in [2.24, 2.45) is 4.99 Å². The van der Waals surface area contributed by atoms with Crippen molar-refractivity contribution in [3.8, 4) is 17.6 Å². The van der Waals surface area contributed by atoms with Gasteiger partial charge in [-0.1, -0.05) is 84.1 Å². The summed E-state index contributed by atoms with van der Waals surface area (Å²) in [6, 6.07) is 31.9. The molecule has 4 aromatic carbocycles. The van der Waals surface area contributed by atoms with Crippen molar-refractivity contribution in [3.05, 3.63) is 156 Å². The molecule has 0 radical (unpaired) electrons. The van der Waals surface area contributed by atoms with E-state index in [4.69, 9.17) is 19.2 Å². The molecule has 9 nitrogen and oxygen atoms in total. The molecule has 0 saturated carbocycles. The van der Waals surface area contributed by atoms with Gasteiger partial charge in [-0.3, -0.25) is 9.36 Å². The minimum absolute atomic E-state index is 0.0904. The smallest absolute Gasteiger partial charge is 0.338 e. The van der Waals surface area contributed by atoms with Crippen molar-refractivity contribution in [2.75, 3.05) is 13.4 Å². The number of aromatic nitrogens is 2. The highest BCUT2D eigenvalue weighted by Gasteiger charge is 2.36. The van der Waals surface area contributed by atoms with Crippen LogP contribution < -0.4 is 24.4 Å². The number of para-hydroxylation sites is 1. The second kappa shape index (κ2) is 12.4. The second-order valence-electron chi connectivity index (χ2n) is 11.5.